The zero-order valence-corrected chi connectivity index (χ0v) is 20.5. The Hall–Kier alpha value is -4.90. The Morgan fingerprint density at radius 3 is 1.95 bits per heavy atom. The van der Waals surface area contributed by atoms with Crippen molar-refractivity contribution in [2.24, 2.45) is 0 Å². The molecule has 5 aromatic carbocycles. The molecule has 39 heavy (non-hydrogen) atoms. The van der Waals surface area contributed by atoms with E-state index < -0.39 is 11.7 Å². The van der Waals surface area contributed by atoms with Gasteiger partial charge < -0.3 is 4.42 Å². The zero-order chi connectivity index (χ0) is 26.6. The van der Waals surface area contributed by atoms with Gasteiger partial charge in [-0.25, -0.2) is 0 Å². The summed E-state index contributed by atoms with van der Waals surface area (Å²) in [6.07, 6.45) is -2.49. The van der Waals surface area contributed by atoms with Crippen molar-refractivity contribution in [1.29, 1.82) is 0 Å². The molecule has 2 nitrogen and oxygen atoms in total. The summed E-state index contributed by atoms with van der Waals surface area (Å²) >= 11 is 0. The Morgan fingerprint density at radius 1 is 0.564 bits per heavy atom. The first-order valence-electron chi connectivity index (χ1n) is 12.5. The van der Waals surface area contributed by atoms with Gasteiger partial charge in [0.05, 0.1) is 11.3 Å². The average molecular weight is 516 g/mol. The highest BCUT2D eigenvalue weighted by Crippen LogP contribution is 2.36. The summed E-state index contributed by atoms with van der Waals surface area (Å²) in [5.74, 6) is 0. The summed E-state index contributed by atoms with van der Waals surface area (Å²) in [5.41, 5.74) is 6.36. The van der Waals surface area contributed by atoms with Crippen LogP contribution in [0.1, 0.15) is 5.56 Å². The van der Waals surface area contributed by atoms with E-state index in [0.29, 0.717) is 0 Å². The zero-order valence-electron chi connectivity index (χ0n) is 20.5. The number of fused-ring (bicyclic) bond motifs is 4. The third kappa shape index (κ3) is 4.12. The van der Waals surface area contributed by atoms with E-state index in [0.717, 1.165) is 78.4 Å². The molecule has 0 aliphatic rings. The number of hydrogen-bond donors (Lipinski definition) is 0. The van der Waals surface area contributed by atoms with Crippen LogP contribution in [-0.2, 0) is 6.18 Å². The monoisotopic (exact) mass is 515 g/mol. The van der Waals surface area contributed by atoms with Crippen LogP contribution in [0.2, 0.25) is 0 Å². The van der Waals surface area contributed by atoms with E-state index in [2.05, 4.69) is 24.3 Å². The Bertz CT molecular complexity index is 1990. The molecule has 0 unspecified atom stereocenters. The second-order valence-electron chi connectivity index (χ2n) is 9.56. The number of aromatic nitrogens is 1. The molecule has 0 fully saturated rings. The van der Waals surface area contributed by atoms with Gasteiger partial charge in [-0.3, -0.25) is 4.98 Å². The third-order valence-electron chi connectivity index (χ3n) is 7.16. The summed E-state index contributed by atoms with van der Waals surface area (Å²) in [6, 6.07) is 35.5. The first-order chi connectivity index (χ1) is 18.9. The van der Waals surface area contributed by atoms with Gasteiger partial charge in [0.25, 0.3) is 0 Å². The minimum atomic E-state index is -4.35. The van der Waals surface area contributed by atoms with Crippen LogP contribution in [0.3, 0.4) is 0 Å². The molecule has 0 amide bonds. The van der Waals surface area contributed by atoms with Gasteiger partial charge in [0.2, 0.25) is 0 Å². The lowest BCUT2D eigenvalue weighted by Gasteiger charge is -2.10. The van der Waals surface area contributed by atoms with Crippen molar-refractivity contribution in [3.8, 4) is 33.5 Å². The molecule has 0 bridgehead atoms. The molecule has 0 N–H and O–H groups in total. The van der Waals surface area contributed by atoms with Crippen LogP contribution in [-0.4, -0.2) is 4.98 Å². The number of para-hydroxylation sites is 2. The van der Waals surface area contributed by atoms with Crippen molar-refractivity contribution >= 4 is 32.7 Å². The first-order valence-corrected chi connectivity index (χ1v) is 12.5. The fraction of sp³-hybridized carbons (Fsp3) is 0.0294. The molecule has 0 saturated heterocycles. The second-order valence-corrected chi connectivity index (χ2v) is 9.56. The van der Waals surface area contributed by atoms with E-state index in [-0.39, 0.29) is 0 Å². The van der Waals surface area contributed by atoms with Gasteiger partial charge in [0.15, 0.2) is 0 Å². The summed E-state index contributed by atoms with van der Waals surface area (Å²) in [4.78, 5) is 4.77. The lowest BCUT2D eigenvalue weighted by molar-refractivity contribution is -0.137. The maximum absolute atomic E-state index is 13.0. The smallest absolute Gasteiger partial charge is 0.416 e. The SMILES string of the molecule is FC(F)(F)c1ccc(-c2ccc3ccc(-c4ccc(-c5cccc6c5oc5ccccc56)nc4)cc3c2)cc1. The number of halogens is 3. The second kappa shape index (κ2) is 8.84. The highest BCUT2D eigenvalue weighted by atomic mass is 19.4. The lowest BCUT2D eigenvalue weighted by Crippen LogP contribution is -2.03. The molecule has 0 spiro atoms. The van der Waals surface area contributed by atoms with Crippen molar-refractivity contribution in [2.75, 3.05) is 0 Å². The predicted octanol–water partition coefficient (Wildman–Crippen LogP) is 10.2. The van der Waals surface area contributed by atoms with E-state index in [4.69, 9.17) is 9.40 Å². The number of nitrogens with zero attached hydrogens (tertiary/aromatic N) is 1. The highest BCUT2D eigenvalue weighted by molar-refractivity contribution is 6.09. The Labute approximate surface area is 222 Å². The molecule has 0 aliphatic carbocycles. The van der Waals surface area contributed by atoms with Crippen LogP contribution in [0.15, 0.2) is 126 Å². The summed E-state index contributed by atoms with van der Waals surface area (Å²) in [5, 5.41) is 4.20. The fourth-order valence-electron chi connectivity index (χ4n) is 5.13. The maximum Gasteiger partial charge on any atom is 0.416 e. The molecule has 0 atom stereocenters. The van der Waals surface area contributed by atoms with Gasteiger partial charge in [-0.2, -0.15) is 13.2 Å². The number of pyridine rings is 1. The molecule has 2 aromatic heterocycles. The highest BCUT2D eigenvalue weighted by Gasteiger charge is 2.30. The van der Waals surface area contributed by atoms with Crippen molar-refractivity contribution in [3.63, 3.8) is 0 Å². The van der Waals surface area contributed by atoms with Crippen LogP contribution < -0.4 is 0 Å². The average Bonchev–Trinajstić information content (AvgIpc) is 3.35. The van der Waals surface area contributed by atoms with E-state index in [1.807, 2.05) is 72.9 Å². The van der Waals surface area contributed by atoms with Crippen LogP contribution >= 0.6 is 0 Å². The topological polar surface area (TPSA) is 26.0 Å². The van der Waals surface area contributed by atoms with Gasteiger partial charge in [-0.05, 0) is 69.9 Å². The van der Waals surface area contributed by atoms with Crippen molar-refractivity contribution in [3.05, 3.63) is 127 Å². The third-order valence-corrected chi connectivity index (χ3v) is 7.16. The predicted molar refractivity (Wildman–Crippen MR) is 150 cm³/mol. The molecule has 7 aromatic rings. The van der Waals surface area contributed by atoms with E-state index in [1.165, 1.54) is 12.1 Å². The van der Waals surface area contributed by atoms with E-state index >= 15 is 0 Å². The molecule has 0 radical (unpaired) electrons. The molecule has 2 heterocycles. The fourth-order valence-corrected chi connectivity index (χ4v) is 5.13. The molecule has 0 aliphatic heterocycles. The van der Waals surface area contributed by atoms with Crippen LogP contribution in [0.4, 0.5) is 13.2 Å². The quantitative estimate of drug-likeness (QED) is 0.234. The van der Waals surface area contributed by atoms with E-state index in [1.54, 1.807) is 0 Å². The summed E-state index contributed by atoms with van der Waals surface area (Å²) in [7, 11) is 0. The minimum Gasteiger partial charge on any atom is -0.455 e. The first kappa shape index (κ1) is 23.2. The number of hydrogen-bond acceptors (Lipinski definition) is 2. The number of benzene rings is 5. The minimum absolute atomic E-state index is 0.651. The van der Waals surface area contributed by atoms with E-state index in [9.17, 15) is 13.2 Å². The van der Waals surface area contributed by atoms with Crippen LogP contribution in [0.25, 0.3) is 66.2 Å². The molecular weight excluding hydrogens is 495 g/mol. The summed E-state index contributed by atoms with van der Waals surface area (Å²) < 4.78 is 45.1. The van der Waals surface area contributed by atoms with Crippen molar-refractivity contribution < 1.29 is 17.6 Å². The standard InChI is InChI=1S/C34H20F3NO/c35-34(36,37)27-15-12-21(13-16-27)23-10-8-22-9-11-24(19-26(22)18-23)25-14-17-31(38-20-25)30-6-3-5-29-28-4-1-2-7-32(28)39-33(29)30/h1-20H. The molecular formula is C34H20F3NO. The Balaban J connectivity index is 1.23. The van der Waals surface area contributed by atoms with Gasteiger partial charge in [-0.15, -0.1) is 0 Å². The van der Waals surface area contributed by atoms with Gasteiger partial charge in [0, 0.05) is 28.1 Å². The maximum atomic E-state index is 13.0. The largest absolute Gasteiger partial charge is 0.455 e. The Kier molecular flexibility index (Phi) is 5.27. The molecule has 5 heteroatoms. The Morgan fingerprint density at radius 2 is 1.23 bits per heavy atom. The van der Waals surface area contributed by atoms with Crippen LogP contribution in [0.5, 0.6) is 0 Å². The van der Waals surface area contributed by atoms with Gasteiger partial charge in [0.1, 0.15) is 11.2 Å². The summed E-state index contributed by atoms with van der Waals surface area (Å²) in [6.45, 7) is 0. The number of rotatable bonds is 3. The van der Waals surface area contributed by atoms with Crippen molar-refractivity contribution in [1.82, 2.24) is 4.98 Å². The lowest BCUT2D eigenvalue weighted by atomic mass is 9.97. The molecule has 7 rings (SSSR count). The molecule has 188 valence electrons. The molecule has 0 saturated carbocycles. The van der Waals surface area contributed by atoms with Gasteiger partial charge >= 0.3 is 6.18 Å². The van der Waals surface area contributed by atoms with Crippen molar-refractivity contribution in [2.45, 2.75) is 6.18 Å². The number of alkyl halides is 3. The van der Waals surface area contributed by atoms with Crippen LogP contribution in [0, 0.1) is 0 Å². The normalized spacial score (nSPS) is 12.0. The number of furan rings is 1. The van der Waals surface area contributed by atoms with Gasteiger partial charge in [-0.1, -0.05) is 72.8 Å².